The molecule has 1 aromatic rings. The predicted octanol–water partition coefficient (Wildman–Crippen LogP) is 6.05. The molecule has 1 nitrogen and oxygen atoms in total. The predicted molar refractivity (Wildman–Crippen MR) is 91.6 cm³/mol. The van der Waals surface area contributed by atoms with Gasteiger partial charge in [0, 0.05) is 17.8 Å². The van der Waals surface area contributed by atoms with Gasteiger partial charge in [-0.05, 0) is 62.5 Å². The summed E-state index contributed by atoms with van der Waals surface area (Å²) in [4.78, 5) is 4.74. The summed E-state index contributed by atoms with van der Waals surface area (Å²) in [5.74, 6) is 1.70. The maximum Gasteiger partial charge on any atom is 0.0434 e. The van der Waals surface area contributed by atoms with E-state index in [0.29, 0.717) is 5.92 Å². The molecule has 0 bridgehead atoms. The van der Waals surface area contributed by atoms with Gasteiger partial charge in [0.2, 0.25) is 0 Å². The Morgan fingerprint density at radius 2 is 2.00 bits per heavy atom. The summed E-state index contributed by atoms with van der Waals surface area (Å²) in [5.41, 5.74) is 2.70. The van der Waals surface area contributed by atoms with Crippen LogP contribution in [-0.4, -0.2) is 4.98 Å². The van der Waals surface area contributed by atoms with Gasteiger partial charge in [-0.25, -0.2) is 0 Å². The zero-order valence-electron chi connectivity index (χ0n) is 13.7. The van der Waals surface area contributed by atoms with Crippen LogP contribution in [-0.2, 0) is 6.42 Å². The minimum Gasteiger partial charge on any atom is -0.261 e. The van der Waals surface area contributed by atoms with Crippen LogP contribution in [0, 0.1) is 5.92 Å². The molecule has 1 aliphatic carbocycles. The summed E-state index contributed by atoms with van der Waals surface area (Å²) in [7, 11) is 0. The van der Waals surface area contributed by atoms with Crippen LogP contribution < -0.4 is 0 Å². The fourth-order valence-electron chi connectivity index (χ4n) is 3.52. The van der Waals surface area contributed by atoms with Crippen LogP contribution in [0.15, 0.2) is 31.0 Å². The lowest BCUT2D eigenvalue weighted by Crippen LogP contribution is -2.14. The van der Waals surface area contributed by atoms with E-state index in [1.807, 2.05) is 6.08 Å². The topological polar surface area (TPSA) is 12.9 Å². The van der Waals surface area contributed by atoms with Crippen LogP contribution in [0.25, 0.3) is 0 Å². The van der Waals surface area contributed by atoms with E-state index < -0.39 is 0 Å². The molecule has 0 unspecified atom stereocenters. The first-order valence-corrected chi connectivity index (χ1v) is 8.89. The second kappa shape index (κ2) is 9.02. The molecule has 1 heteroatoms. The summed E-state index contributed by atoms with van der Waals surface area (Å²) in [6.07, 6.45) is 17.2. The minimum absolute atomic E-state index is 0.713. The number of hydrogen-bond acceptors (Lipinski definition) is 1. The standard InChI is InChI=1S/C20H31N/c1-3-5-7-9-18-12-15-20(21-16-18)19-13-10-17(11-14-19)8-6-4-2/h3,12,15-17,19H,1,4-11,13-14H2,2H3. The molecule has 1 saturated carbocycles. The van der Waals surface area contributed by atoms with Crippen molar-refractivity contribution < 1.29 is 0 Å². The van der Waals surface area contributed by atoms with E-state index in [9.17, 15) is 0 Å². The minimum atomic E-state index is 0.713. The van der Waals surface area contributed by atoms with E-state index in [0.717, 1.165) is 18.8 Å². The summed E-state index contributed by atoms with van der Waals surface area (Å²) < 4.78 is 0. The number of unbranched alkanes of at least 4 members (excludes halogenated alkanes) is 2. The molecule has 0 spiro atoms. The highest BCUT2D eigenvalue weighted by atomic mass is 14.7. The van der Waals surface area contributed by atoms with Gasteiger partial charge in [0.1, 0.15) is 0 Å². The molecule has 1 aromatic heterocycles. The molecule has 116 valence electrons. The number of rotatable bonds is 8. The molecular formula is C20H31N. The first kappa shape index (κ1) is 16.3. The zero-order valence-corrected chi connectivity index (χ0v) is 13.7. The highest BCUT2D eigenvalue weighted by Crippen LogP contribution is 2.36. The smallest absolute Gasteiger partial charge is 0.0434 e. The molecule has 0 saturated heterocycles. The number of hydrogen-bond donors (Lipinski definition) is 0. The van der Waals surface area contributed by atoms with Crippen molar-refractivity contribution in [3.05, 3.63) is 42.2 Å². The molecule has 21 heavy (non-hydrogen) atoms. The zero-order chi connectivity index (χ0) is 14.9. The van der Waals surface area contributed by atoms with E-state index in [2.05, 4.69) is 31.8 Å². The lowest BCUT2D eigenvalue weighted by molar-refractivity contribution is 0.301. The second-order valence-corrected chi connectivity index (χ2v) is 6.63. The molecule has 0 radical (unpaired) electrons. The van der Waals surface area contributed by atoms with Crippen LogP contribution in [0.3, 0.4) is 0 Å². The Hall–Kier alpha value is -1.11. The van der Waals surface area contributed by atoms with Gasteiger partial charge < -0.3 is 0 Å². The van der Waals surface area contributed by atoms with Crippen molar-refractivity contribution in [3.63, 3.8) is 0 Å². The third-order valence-electron chi connectivity index (χ3n) is 4.95. The molecule has 1 fully saturated rings. The number of allylic oxidation sites excluding steroid dienone is 1. The van der Waals surface area contributed by atoms with Crippen LogP contribution in [0.5, 0.6) is 0 Å². The maximum absolute atomic E-state index is 4.74. The van der Waals surface area contributed by atoms with Crippen LogP contribution in [0.1, 0.15) is 81.9 Å². The van der Waals surface area contributed by atoms with Crippen LogP contribution in [0.2, 0.25) is 0 Å². The molecular weight excluding hydrogens is 254 g/mol. The van der Waals surface area contributed by atoms with Crippen molar-refractivity contribution in [1.29, 1.82) is 0 Å². The van der Waals surface area contributed by atoms with E-state index in [-0.39, 0.29) is 0 Å². The molecule has 1 aliphatic rings. The number of pyridine rings is 1. The number of nitrogens with zero attached hydrogens (tertiary/aromatic N) is 1. The SMILES string of the molecule is C=CCCCc1ccc(C2CCC(CCCC)CC2)nc1. The van der Waals surface area contributed by atoms with Gasteiger partial charge in [0.05, 0.1) is 0 Å². The molecule has 0 amide bonds. The average Bonchev–Trinajstić information content (AvgIpc) is 2.54. The molecule has 0 aromatic carbocycles. The third kappa shape index (κ3) is 5.30. The van der Waals surface area contributed by atoms with Crippen LogP contribution >= 0.6 is 0 Å². The maximum atomic E-state index is 4.74. The highest BCUT2D eigenvalue weighted by Gasteiger charge is 2.22. The summed E-state index contributed by atoms with van der Waals surface area (Å²) in [6.45, 7) is 6.07. The Kier molecular flexibility index (Phi) is 6.99. The Morgan fingerprint density at radius 3 is 2.62 bits per heavy atom. The molecule has 0 N–H and O–H groups in total. The van der Waals surface area contributed by atoms with Gasteiger partial charge in [0.15, 0.2) is 0 Å². The van der Waals surface area contributed by atoms with Gasteiger partial charge in [-0.15, -0.1) is 6.58 Å². The quantitative estimate of drug-likeness (QED) is 0.418. The first-order chi connectivity index (χ1) is 10.3. The van der Waals surface area contributed by atoms with Crippen molar-refractivity contribution in [2.24, 2.45) is 5.92 Å². The Bertz CT molecular complexity index is 398. The fraction of sp³-hybridized carbons (Fsp3) is 0.650. The molecule has 0 atom stereocenters. The third-order valence-corrected chi connectivity index (χ3v) is 4.95. The number of aryl methyl sites for hydroxylation is 1. The molecule has 0 aliphatic heterocycles. The van der Waals surface area contributed by atoms with Crippen molar-refractivity contribution in [2.45, 2.75) is 77.0 Å². The molecule has 2 rings (SSSR count). The lowest BCUT2D eigenvalue weighted by Gasteiger charge is -2.28. The van der Waals surface area contributed by atoms with Gasteiger partial charge in [-0.3, -0.25) is 4.98 Å². The monoisotopic (exact) mass is 285 g/mol. The van der Waals surface area contributed by atoms with Crippen LogP contribution in [0.4, 0.5) is 0 Å². The van der Waals surface area contributed by atoms with Gasteiger partial charge in [-0.1, -0.05) is 38.3 Å². The largest absolute Gasteiger partial charge is 0.261 e. The lowest BCUT2D eigenvalue weighted by atomic mass is 9.78. The summed E-state index contributed by atoms with van der Waals surface area (Å²) in [5, 5.41) is 0. The van der Waals surface area contributed by atoms with E-state index in [1.165, 1.54) is 62.6 Å². The van der Waals surface area contributed by atoms with Crippen molar-refractivity contribution in [3.8, 4) is 0 Å². The first-order valence-electron chi connectivity index (χ1n) is 8.89. The van der Waals surface area contributed by atoms with Crippen molar-refractivity contribution in [2.75, 3.05) is 0 Å². The van der Waals surface area contributed by atoms with Crippen molar-refractivity contribution in [1.82, 2.24) is 4.98 Å². The van der Waals surface area contributed by atoms with Gasteiger partial charge in [0.25, 0.3) is 0 Å². The normalized spacial score (nSPS) is 22.1. The number of aromatic nitrogens is 1. The fourth-order valence-corrected chi connectivity index (χ4v) is 3.52. The Morgan fingerprint density at radius 1 is 1.19 bits per heavy atom. The van der Waals surface area contributed by atoms with E-state index in [1.54, 1.807) is 0 Å². The van der Waals surface area contributed by atoms with E-state index >= 15 is 0 Å². The average molecular weight is 285 g/mol. The van der Waals surface area contributed by atoms with E-state index in [4.69, 9.17) is 4.98 Å². The summed E-state index contributed by atoms with van der Waals surface area (Å²) >= 11 is 0. The van der Waals surface area contributed by atoms with Gasteiger partial charge in [-0.2, -0.15) is 0 Å². The molecule has 1 heterocycles. The summed E-state index contributed by atoms with van der Waals surface area (Å²) in [6, 6.07) is 4.56. The van der Waals surface area contributed by atoms with Crippen molar-refractivity contribution >= 4 is 0 Å². The highest BCUT2D eigenvalue weighted by molar-refractivity contribution is 5.17. The Labute approximate surface area is 130 Å². The second-order valence-electron chi connectivity index (χ2n) is 6.63. The Balaban J connectivity index is 1.79. The van der Waals surface area contributed by atoms with Gasteiger partial charge >= 0.3 is 0 Å².